The number of rotatable bonds is 2. The number of hydrogen-bond acceptors (Lipinski definition) is 3. The van der Waals surface area contributed by atoms with E-state index in [0.29, 0.717) is 12.8 Å². The Labute approximate surface area is 93.3 Å². The minimum Gasteiger partial charge on any atom is -0.438 e. The van der Waals surface area contributed by atoms with E-state index in [1.54, 1.807) is 0 Å². The smallest absolute Gasteiger partial charge is 0.405 e. The van der Waals surface area contributed by atoms with Crippen LogP contribution in [0.25, 0.3) is 0 Å². The normalized spacial score (nSPS) is 35.5. The van der Waals surface area contributed by atoms with Gasteiger partial charge in [-0.25, -0.2) is 4.79 Å². The molecule has 1 saturated carbocycles. The van der Waals surface area contributed by atoms with Crippen molar-refractivity contribution in [2.24, 2.45) is 5.73 Å². The van der Waals surface area contributed by atoms with Crippen molar-refractivity contribution in [2.45, 2.75) is 30.7 Å². The molecule has 1 amide bonds. The molecule has 0 aromatic heterocycles. The van der Waals surface area contributed by atoms with Crippen LogP contribution in [0.3, 0.4) is 0 Å². The van der Waals surface area contributed by atoms with Gasteiger partial charge in [0.05, 0.1) is 12.2 Å². The highest BCUT2D eigenvalue weighted by molar-refractivity contribution is 5.65. The zero-order valence-corrected chi connectivity index (χ0v) is 8.76. The van der Waals surface area contributed by atoms with E-state index in [-0.39, 0.29) is 12.2 Å². The molecule has 2 atom stereocenters. The standard InChI is InChI=1S/C12H13NO3/c13-11(14)16-12(6-9-10(7-12)15-9)8-4-2-1-3-5-8/h1-5,9-10H,6-7H2,(H2,13,14). The van der Waals surface area contributed by atoms with Gasteiger partial charge in [-0.15, -0.1) is 0 Å². The fourth-order valence-corrected chi connectivity index (χ4v) is 2.58. The van der Waals surface area contributed by atoms with Gasteiger partial charge in [0.15, 0.2) is 0 Å². The summed E-state index contributed by atoms with van der Waals surface area (Å²) in [6, 6.07) is 9.74. The van der Waals surface area contributed by atoms with Crippen molar-refractivity contribution in [2.75, 3.05) is 0 Å². The number of hydrogen-bond donors (Lipinski definition) is 1. The Morgan fingerprint density at radius 1 is 1.31 bits per heavy atom. The quantitative estimate of drug-likeness (QED) is 0.767. The maximum absolute atomic E-state index is 11.0. The van der Waals surface area contributed by atoms with Crippen LogP contribution in [-0.4, -0.2) is 18.3 Å². The molecule has 2 unspecified atom stereocenters. The number of fused-ring (bicyclic) bond motifs is 1. The highest BCUT2D eigenvalue weighted by atomic mass is 16.6. The van der Waals surface area contributed by atoms with Gasteiger partial charge in [0.25, 0.3) is 0 Å². The molecule has 1 saturated heterocycles. The van der Waals surface area contributed by atoms with Gasteiger partial charge in [-0.1, -0.05) is 30.3 Å². The van der Waals surface area contributed by atoms with Crippen molar-refractivity contribution < 1.29 is 14.3 Å². The van der Waals surface area contributed by atoms with Crippen LogP contribution in [0.15, 0.2) is 30.3 Å². The molecule has 2 aliphatic rings. The number of benzene rings is 1. The first-order valence-electron chi connectivity index (χ1n) is 5.39. The first kappa shape index (κ1) is 9.66. The van der Waals surface area contributed by atoms with Crippen molar-refractivity contribution in [3.63, 3.8) is 0 Å². The molecule has 0 spiro atoms. The third-order valence-corrected chi connectivity index (χ3v) is 3.35. The lowest BCUT2D eigenvalue weighted by atomic mass is 9.91. The molecule has 0 bridgehead atoms. The van der Waals surface area contributed by atoms with E-state index >= 15 is 0 Å². The molecular formula is C12H13NO3. The average Bonchev–Trinajstić information content (AvgIpc) is 2.87. The fourth-order valence-electron chi connectivity index (χ4n) is 2.58. The van der Waals surface area contributed by atoms with Crippen LogP contribution in [0.2, 0.25) is 0 Å². The van der Waals surface area contributed by atoms with E-state index in [0.717, 1.165) is 5.56 Å². The molecule has 1 aromatic rings. The summed E-state index contributed by atoms with van der Waals surface area (Å²) in [5, 5.41) is 0. The molecule has 1 aromatic carbocycles. The van der Waals surface area contributed by atoms with Crippen LogP contribution in [0.4, 0.5) is 4.79 Å². The lowest BCUT2D eigenvalue weighted by molar-refractivity contribution is -0.00860. The summed E-state index contributed by atoms with van der Waals surface area (Å²) in [5.74, 6) is 0. The van der Waals surface area contributed by atoms with E-state index in [1.807, 2.05) is 30.3 Å². The lowest BCUT2D eigenvalue weighted by Gasteiger charge is -2.29. The number of carbonyl (C=O) groups is 1. The third kappa shape index (κ3) is 1.46. The molecule has 16 heavy (non-hydrogen) atoms. The van der Waals surface area contributed by atoms with Crippen LogP contribution in [0, 0.1) is 0 Å². The van der Waals surface area contributed by atoms with Gasteiger partial charge in [0.1, 0.15) is 5.60 Å². The van der Waals surface area contributed by atoms with Crippen molar-refractivity contribution in [3.8, 4) is 0 Å². The van der Waals surface area contributed by atoms with Gasteiger partial charge >= 0.3 is 6.09 Å². The number of carbonyl (C=O) groups excluding carboxylic acids is 1. The molecule has 84 valence electrons. The second-order valence-electron chi connectivity index (χ2n) is 4.40. The highest BCUT2D eigenvalue weighted by Gasteiger charge is 2.58. The first-order valence-corrected chi connectivity index (χ1v) is 5.39. The van der Waals surface area contributed by atoms with Crippen LogP contribution in [-0.2, 0) is 15.1 Å². The molecule has 0 radical (unpaired) electrons. The van der Waals surface area contributed by atoms with Crippen LogP contribution in [0.5, 0.6) is 0 Å². The Bertz CT molecular complexity index is 408. The number of amides is 1. The zero-order valence-electron chi connectivity index (χ0n) is 8.76. The van der Waals surface area contributed by atoms with Crippen molar-refractivity contribution in [3.05, 3.63) is 35.9 Å². The van der Waals surface area contributed by atoms with Crippen LogP contribution >= 0.6 is 0 Å². The third-order valence-electron chi connectivity index (χ3n) is 3.35. The van der Waals surface area contributed by atoms with Crippen LogP contribution < -0.4 is 5.73 Å². The summed E-state index contributed by atoms with van der Waals surface area (Å²) in [5.41, 5.74) is 5.59. The summed E-state index contributed by atoms with van der Waals surface area (Å²) in [6.07, 6.45) is 1.18. The second kappa shape index (κ2) is 3.22. The van der Waals surface area contributed by atoms with E-state index in [4.69, 9.17) is 15.2 Å². The topological polar surface area (TPSA) is 64.9 Å². The maximum Gasteiger partial charge on any atom is 0.405 e. The van der Waals surface area contributed by atoms with Crippen molar-refractivity contribution in [1.29, 1.82) is 0 Å². The summed E-state index contributed by atoms with van der Waals surface area (Å²) in [6.45, 7) is 0. The Morgan fingerprint density at radius 3 is 2.50 bits per heavy atom. The number of primary amides is 1. The largest absolute Gasteiger partial charge is 0.438 e. The second-order valence-corrected chi connectivity index (χ2v) is 4.40. The molecule has 4 heteroatoms. The predicted molar refractivity (Wildman–Crippen MR) is 56.7 cm³/mol. The lowest BCUT2D eigenvalue weighted by Crippen LogP contribution is -2.34. The molecule has 4 nitrogen and oxygen atoms in total. The number of epoxide rings is 1. The Hall–Kier alpha value is -1.55. The Kier molecular flexibility index (Phi) is 1.94. The van der Waals surface area contributed by atoms with E-state index in [9.17, 15) is 4.79 Å². The zero-order chi connectivity index (χ0) is 11.2. The summed E-state index contributed by atoms with van der Waals surface area (Å²) in [4.78, 5) is 11.0. The van der Waals surface area contributed by atoms with Gasteiger partial charge in [0.2, 0.25) is 0 Å². The maximum atomic E-state index is 11.0. The van der Waals surface area contributed by atoms with E-state index in [1.165, 1.54) is 0 Å². The highest BCUT2D eigenvalue weighted by Crippen LogP contribution is 2.51. The number of ether oxygens (including phenoxy) is 2. The van der Waals surface area contributed by atoms with Gasteiger partial charge in [-0.2, -0.15) is 0 Å². The Balaban J connectivity index is 1.93. The van der Waals surface area contributed by atoms with E-state index < -0.39 is 11.7 Å². The van der Waals surface area contributed by atoms with Crippen molar-refractivity contribution >= 4 is 6.09 Å². The minimum atomic E-state index is -0.717. The monoisotopic (exact) mass is 219 g/mol. The first-order chi connectivity index (χ1) is 7.70. The van der Waals surface area contributed by atoms with Gasteiger partial charge in [-0.05, 0) is 5.56 Å². The molecule has 1 aliphatic carbocycles. The molecule has 2 N–H and O–H groups in total. The van der Waals surface area contributed by atoms with Gasteiger partial charge in [0, 0.05) is 12.8 Å². The number of nitrogens with two attached hydrogens (primary N) is 1. The molecule has 1 aliphatic heterocycles. The van der Waals surface area contributed by atoms with E-state index in [2.05, 4.69) is 0 Å². The summed E-state index contributed by atoms with van der Waals surface area (Å²) < 4.78 is 10.7. The minimum absolute atomic E-state index is 0.236. The summed E-state index contributed by atoms with van der Waals surface area (Å²) >= 11 is 0. The molecule has 2 fully saturated rings. The molecule has 1 heterocycles. The molecule has 3 rings (SSSR count). The van der Waals surface area contributed by atoms with Crippen LogP contribution in [0.1, 0.15) is 18.4 Å². The van der Waals surface area contributed by atoms with Gasteiger partial charge < -0.3 is 15.2 Å². The summed E-state index contributed by atoms with van der Waals surface area (Å²) in [7, 11) is 0. The average molecular weight is 219 g/mol. The Morgan fingerprint density at radius 2 is 1.94 bits per heavy atom. The predicted octanol–water partition coefficient (Wildman–Crippen LogP) is 1.54. The van der Waals surface area contributed by atoms with Gasteiger partial charge in [-0.3, -0.25) is 0 Å². The SMILES string of the molecule is NC(=O)OC1(c2ccccc2)CC2OC2C1. The fraction of sp³-hybridized carbons (Fsp3) is 0.417. The molecular weight excluding hydrogens is 206 g/mol. The van der Waals surface area contributed by atoms with Crippen molar-refractivity contribution in [1.82, 2.24) is 0 Å².